The second-order valence-electron chi connectivity index (χ2n) is 4.15. The molecule has 0 aromatic heterocycles. The first-order valence-electron chi connectivity index (χ1n) is 5.58. The van der Waals surface area contributed by atoms with Gasteiger partial charge in [0.15, 0.2) is 0 Å². The maximum atomic E-state index is 14.1. The SMILES string of the molecule is CCCC[Si](F)(CCCC)CC(F)(F)F. The van der Waals surface area contributed by atoms with Crippen LogP contribution < -0.4 is 0 Å². The molecule has 0 radical (unpaired) electrons. The third-order valence-electron chi connectivity index (χ3n) is 2.47. The van der Waals surface area contributed by atoms with Crippen LogP contribution >= 0.6 is 0 Å². The highest BCUT2D eigenvalue weighted by Gasteiger charge is 2.44. The molecule has 0 saturated carbocycles. The highest BCUT2D eigenvalue weighted by atomic mass is 28.4. The Balaban J connectivity index is 4.26. The van der Waals surface area contributed by atoms with E-state index in [0.717, 1.165) is 12.8 Å². The van der Waals surface area contributed by atoms with E-state index in [9.17, 15) is 17.3 Å². The molecule has 0 aromatic rings. The number of halogens is 4. The maximum absolute atomic E-state index is 14.1. The predicted molar refractivity (Wildman–Crippen MR) is 57.2 cm³/mol. The lowest BCUT2D eigenvalue weighted by Gasteiger charge is -2.23. The van der Waals surface area contributed by atoms with Crippen LogP contribution in [-0.2, 0) is 0 Å². The molecule has 0 bridgehead atoms. The van der Waals surface area contributed by atoms with Crippen LogP contribution in [0.25, 0.3) is 0 Å². The van der Waals surface area contributed by atoms with E-state index < -0.39 is 20.6 Å². The number of alkyl halides is 3. The van der Waals surface area contributed by atoms with Crippen molar-refractivity contribution in [3.8, 4) is 0 Å². The standard InChI is InChI=1S/C10H20F4Si/c1-3-5-7-15(14,8-6-4-2)9-10(11,12)13/h3-9H2,1-2H3. The molecule has 0 unspecified atom stereocenters. The topological polar surface area (TPSA) is 0 Å². The summed E-state index contributed by atoms with van der Waals surface area (Å²) in [5.74, 6) is 0. The Kier molecular flexibility index (Phi) is 6.48. The molecule has 0 atom stereocenters. The average Bonchev–Trinajstić information content (AvgIpc) is 2.09. The fourth-order valence-corrected chi connectivity index (χ4v) is 4.94. The van der Waals surface area contributed by atoms with Crippen LogP contribution in [0, 0.1) is 0 Å². The molecule has 0 spiro atoms. The van der Waals surface area contributed by atoms with Gasteiger partial charge >= 0.3 is 6.18 Å². The summed E-state index contributed by atoms with van der Waals surface area (Å²) in [5, 5.41) is 0. The van der Waals surface area contributed by atoms with Crippen LogP contribution in [-0.4, -0.2) is 14.6 Å². The smallest absolute Gasteiger partial charge is 0.313 e. The largest absolute Gasteiger partial charge is 0.389 e. The van der Waals surface area contributed by atoms with Crippen molar-refractivity contribution in [2.24, 2.45) is 0 Å². The molecule has 0 aliphatic heterocycles. The minimum Gasteiger partial charge on any atom is -0.313 e. The van der Waals surface area contributed by atoms with E-state index in [0.29, 0.717) is 12.8 Å². The van der Waals surface area contributed by atoms with Crippen LogP contribution in [0.1, 0.15) is 39.5 Å². The van der Waals surface area contributed by atoms with Crippen LogP contribution in [0.5, 0.6) is 0 Å². The van der Waals surface area contributed by atoms with Gasteiger partial charge in [-0.15, -0.1) is 0 Å². The molecule has 0 rings (SSSR count). The molecule has 5 heteroatoms. The Hall–Kier alpha value is -0.0631. The Morgan fingerprint density at radius 3 is 1.60 bits per heavy atom. The third kappa shape index (κ3) is 7.82. The molecule has 0 heterocycles. The Labute approximate surface area is 90.2 Å². The van der Waals surface area contributed by atoms with E-state index in [1.807, 2.05) is 13.8 Å². The molecule has 0 aliphatic carbocycles. The van der Waals surface area contributed by atoms with Gasteiger partial charge in [0.25, 0.3) is 8.41 Å². The van der Waals surface area contributed by atoms with Crippen molar-refractivity contribution < 1.29 is 17.3 Å². The monoisotopic (exact) mass is 244 g/mol. The number of hydrogen-bond donors (Lipinski definition) is 0. The highest BCUT2D eigenvalue weighted by Crippen LogP contribution is 2.35. The van der Waals surface area contributed by atoms with Crippen molar-refractivity contribution in [1.82, 2.24) is 0 Å². The average molecular weight is 244 g/mol. The lowest BCUT2D eigenvalue weighted by atomic mass is 10.4. The molecule has 0 fully saturated rings. The van der Waals surface area contributed by atoms with Crippen LogP contribution in [0.3, 0.4) is 0 Å². The highest BCUT2D eigenvalue weighted by molar-refractivity contribution is 6.73. The second-order valence-corrected chi connectivity index (χ2v) is 7.81. The minimum atomic E-state index is -4.33. The van der Waals surface area contributed by atoms with Crippen molar-refractivity contribution in [3.05, 3.63) is 0 Å². The number of hydrogen-bond acceptors (Lipinski definition) is 0. The van der Waals surface area contributed by atoms with Gasteiger partial charge in [0.2, 0.25) is 0 Å². The number of unbranched alkanes of at least 4 members (excludes halogenated alkanes) is 2. The van der Waals surface area contributed by atoms with Crippen molar-refractivity contribution in [2.45, 2.75) is 63.8 Å². The van der Waals surface area contributed by atoms with E-state index in [-0.39, 0.29) is 12.1 Å². The molecular formula is C10H20F4Si. The summed E-state index contributed by atoms with van der Waals surface area (Å²) in [7, 11) is -3.55. The Morgan fingerprint density at radius 1 is 0.933 bits per heavy atom. The van der Waals surface area contributed by atoms with Gasteiger partial charge < -0.3 is 4.11 Å². The fourth-order valence-electron chi connectivity index (χ4n) is 1.65. The molecular weight excluding hydrogens is 224 g/mol. The van der Waals surface area contributed by atoms with Crippen molar-refractivity contribution in [1.29, 1.82) is 0 Å². The summed E-state index contributed by atoms with van der Waals surface area (Å²) in [6.07, 6.45) is -1.63. The Morgan fingerprint density at radius 2 is 1.33 bits per heavy atom. The van der Waals surface area contributed by atoms with Crippen LogP contribution in [0.4, 0.5) is 17.3 Å². The van der Waals surface area contributed by atoms with Gasteiger partial charge in [-0.25, -0.2) is 0 Å². The summed E-state index contributed by atoms with van der Waals surface area (Å²) in [6, 6.07) is -0.813. The fraction of sp³-hybridized carbons (Fsp3) is 1.00. The summed E-state index contributed by atoms with van der Waals surface area (Å²) < 4.78 is 50.7. The van der Waals surface area contributed by atoms with Gasteiger partial charge in [-0.05, 0) is 12.1 Å². The summed E-state index contributed by atoms with van der Waals surface area (Å²) in [4.78, 5) is 0. The van der Waals surface area contributed by atoms with Crippen LogP contribution in [0.15, 0.2) is 0 Å². The van der Waals surface area contributed by atoms with E-state index in [1.165, 1.54) is 0 Å². The molecule has 0 saturated heterocycles. The van der Waals surface area contributed by atoms with Crippen molar-refractivity contribution >= 4 is 8.41 Å². The maximum Gasteiger partial charge on any atom is 0.389 e. The molecule has 15 heavy (non-hydrogen) atoms. The van der Waals surface area contributed by atoms with Crippen LogP contribution in [0.2, 0.25) is 18.1 Å². The van der Waals surface area contributed by atoms with E-state index in [4.69, 9.17) is 0 Å². The summed E-state index contributed by atoms with van der Waals surface area (Å²) in [5.41, 5.74) is 0. The van der Waals surface area contributed by atoms with Crippen molar-refractivity contribution in [2.75, 3.05) is 0 Å². The zero-order chi connectivity index (χ0) is 11.9. The quantitative estimate of drug-likeness (QED) is 0.333. The Bertz CT molecular complexity index is 159. The summed E-state index contributed by atoms with van der Waals surface area (Å²) >= 11 is 0. The van der Waals surface area contributed by atoms with Gasteiger partial charge in [-0.1, -0.05) is 39.5 Å². The normalized spacial score (nSPS) is 13.2. The molecule has 0 aromatic carbocycles. The van der Waals surface area contributed by atoms with Gasteiger partial charge in [-0.3, -0.25) is 0 Å². The third-order valence-corrected chi connectivity index (χ3v) is 6.01. The zero-order valence-corrected chi connectivity index (χ0v) is 10.5. The molecule has 0 nitrogen and oxygen atoms in total. The van der Waals surface area contributed by atoms with E-state index in [1.54, 1.807) is 0 Å². The zero-order valence-electron chi connectivity index (χ0n) is 9.46. The summed E-state index contributed by atoms with van der Waals surface area (Å²) in [6.45, 7) is 3.75. The predicted octanol–water partition coefficient (Wildman–Crippen LogP) is 5.06. The lowest BCUT2D eigenvalue weighted by Crippen LogP contribution is -2.34. The first kappa shape index (κ1) is 14.9. The van der Waals surface area contributed by atoms with E-state index in [2.05, 4.69) is 0 Å². The molecule has 92 valence electrons. The van der Waals surface area contributed by atoms with Gasteiger partial charge in [0.1, 0.15) is 0 Å². The molecule has 0 amide bonds. The first-order valence-corrected chi connectivity index (χ1v) is 8.08. The minimum absolute atomic E-state index is 0.170. The van der Waals surface area contributed by atoms with Crippen molar-refractivity contribution in [3.63, 3.8) is 0 Å². The molecule has 0 aliphatic rings. The number of rotatable bonds is 7. The first-order chi connectivity index (χ1) is 6.83. The lowest BCUT2D eigenvalue weighted by molar-refractivity contribution is -0.112. The molecule has 0 N–H and O–H groups in total. The van der Waals surface area contributed by atoms with Gasteiger partial charge in [-0.2, -0.15) is 13.2 Å². The van der Waals surface area contributed by atoms with Gasteiger partial charge in [0, 0.05) is 0 Å². The van der Waals surface area contributed by atoms with E-state index >= 15 is 0 Å². The van der Waals surface area contributed by atoms with Gasteiger partial charge in [0.05, 0.1) is 6.04 Å². The second kappa shape index (κ2) is 6.50.